The van der Waals surface area contributed by atoms with Crippen LogP contribution in [-0.4, -0.2) is 25.4 Å². The molecule has 6 heteroatoms. The number of esters is 2. The molecule has 4 aliphatic heterocycles. The van der Waals surface area contributed by atoms with Crippen molar-refractivity contribution in [1.82, 2.24) is 0 Å². The van der Waals surface area contributed by atoms with Gasteiger partial charge < -0.3 is 9.47 Å². The average Bonchev–Trinajstić information content (AvgIpc) is 4.15. The summed E-state index contributed by atoms with van der Waals surface area (Å²) < 4.78 is 12.2. The van der Waals surface area contributed by atoms with Crippen LogP contribution in [0.25, 0.3) is 99.1 Å². The van der Waals surface area contributed by atoms with Crippen molar-refractivity contribution in [2.45, 2.75) is 13.2 Å². The molecule has 0 bridgehead atoms. The molecule has 4 nitrogen and oxygen atoms in total. The lowest BCUT2D eigenvalue weighted by atomic mass is 9.34. The maximum Gasteiger partial charge on any atom is 0.338 e. The van der Waals surface area contributed by atoms with Gasteiger partial charge in [-0.15, -0.1) is 0 Å². The van der Waals surface area contributed by atoms with E-state index in [1.54, 1.807) is 0 Å². The minimum Gasteiger partial charge on any atom is -0.457 e. The molecule has 0 saturated heterocycles. The highest BCUT2D eigenvalue weighted by Crippen LogP contribution is 2.51. The van der Waals surface area contributed by atoms with Crippen molar-refractivity contribution in [3.05, 3.63) is 241 Å². The lowest BCUT2D eigenvalue weighted by molar-refractivity contribution is 0.0464. The van der Waals surface area contributed by atoms with Crippen molar-refractivity contribution in [2.75, 3.05) is 0 Å². The van der Waals surface area contributed by atoms with Crippen LogP contribution in [0.4, 0.5) is 0 Å². The molecule has 0 N–H and O–H groups in total. The van der Waals surface area contributed by atoms with Crippen LogP contribution in [0, 0.1) is 0 Å². The molecule has 0 aliphatic carbocycles. The third-order valence-electron chi connectivity index (χ3n) is 16.5. The minimum atomic E-state index is -0.345. The van der Waals surface area contributed by atoms with Gasteiger partial charge in [-0.1, -0.05) is 215 Å². The fraction of sp³-hybridized carbons (Fsp3) is 0.0294. The van der Waals surface area contributed by atoms with E-state index in [0.717, 1.165) is 77.9 Å². The van der Waals surface area contributed by atoms with Crippen molar-refractivity contribution in [3.63, 3.8) is 0 Å². The summed E-state index contributed by atoms with van der Waals surface area (Å²) >= 11 is 0. The SMILES string of the molecule is O=C(OCc1ccccc1)c1cc2c3c(c1)-c1cc(-c4ccccc4)c4cc5c6c(cc(-c7ccccc7)c7cc(c1c4c76)B3c1ccccc1-2)-c1cc(C(=O)OCc2ccccc2)cc2c1B5c1ccccc1-2. The summed E-state index contributed by atoms with van der Waals surface area (Å²) in [6, 6.07) is 77.1. The van der Waals surface area contributed by atoms with Gasteiger partial charge in [0.05, 0.1) is 11.1 Å². The summed E-state index contributed by atoms with van der Waals surface area (Å²) in [5, 5.41) is 7.25. The van der Waals surface area contributed by atoms with Crippen molar-refractivity contribution < 1.29 is 19.1 Å². The van der Waals surface area contributed by atoms with E-state index >= 15 is 0 Å². The zero-order valence-electron chi connectivity index (χ0n) is 40.0. The van der Waals surface area contributed by atoms with E-state index in [2.05, 4.69) is 158 Å². The van der Waals surface area contributed by atoms with Crippen LogP contribution in [0.5, 0.6) is 0 Å². The third-order valence-corrected chi connectivity index (χ3v) is 16.5. The number of ether oxygens (including phenoxy) is 2. The Balaban J connectivity index is 1.03. The van der Waals surface area contributed by atoms with Crippen LogP contribution < -0.4 is 32.8 Å². The fourth-order valence-corrected chi connectivity index (χ4v) is 13.5. The number of fused-ring (bicyclic) bond motifs is 10. The molecule has 0 saturated carbocycles. The Bertz CT molecular complexity index is 4120. The second-order valence-electron chi connectivity index (χ2n) is 20.3. The minimum absolute atomic E-state index is 0.0719. The normalized spacial score (nSPS) is 12.8. The van der Waals surface area contributed by atoms with Gasteiger partial charge in [0.2, 0.25) is 13.4 Å². The predicted molar refractivity (Wildman–Crippen MR) is 303 cm³/mol. The second kappa shape index (κ2) is 15.6. The van der Waals surface area contributed by atoms with Crippen LogP contribution in [0.2, 0.25) is 0 Å². The van der Waals surface area contributed by atoms with Gasteiger partial charge in [0.15, 0.2) is 0 Å². The zero-order valence-corrected chi connectivity index (χ0v) is 40.0. The molecule has 0 amide bonds. The molecule has 0 aromatic heterocycles. The van der Waals surface area contributed by atoms with Crippen molar-refractivity contribution in [3.8, 4) is 66.8 Å². The molecule has 0 spiro atoms. The Labute approximate surface area is 428 Å². The van der Waals surface area contributed by atoms with E-state index in [1.165, 1.54) is 65.1 Å². The third kappa shape index (κ3) is 5.82. The van der Waals surface area contributed by atoms with E-state index < -0.39 is 0 Å². The fourth-order valence-electron chi connectivity index (χ4n) is 13.5. The Morgan fingerprint density at radius 3 is 1.07 bits per heavy atom. The standard InChI is InChI=1S/C68H40B2O4/c71-67(73-37-39-17-5-1-6-18-39)43-29-53-45-25-13-15-27-57(45)69-59-35-52-48(42-23-11-4-12-24-42)34-50-56-32-44(68(72)74-38-40-19-7-2-8-20-40)30-54-46-26-14-16-28-58(46)70(66(54)56)60-36-51-47(41-21-9-3-10-22-41)33-49(55(31-43)65(53)69)61(59)63(51)64(52)62(50)60/h1-36H,37-38H2. The lowest BCUT2D eigenvalue weighted by Crippen LogP contribution is -2.53. The topological polar surface area (TPSA) is 52.6 Å². The van der Waals surface area contributed by atoms with E-state index in [0.29, 0.717) is 11.1 Å². The van der Waals surface area contributed by atoms with E-state index in [-0.39, 0.29) is 38.6 Å². The first kappa shape index (κ1) is 41.4. The van der Waals surface area contributed by atoms with Crippen LogP contribution in [0.3, 0.4) is 0 Å². The van der Waals surface area contributed by atoms with Crippen LogP contribution >= 0.6 is 0 Å². The van der Waals surface area contributed by atoms with Crippen LogP contribution in [-0.2, 0) is 22.7 Å². The molecule has 74 heavy (non-hydrogen) atoms. The van der Waals surface area contributed by atoms with Crippen molar-refractivity contribution >= 4 is 90.5 Å². The molecular weight excluding hydrogens is 902 g/mol. The molecule has 4 heterocycles. The van der Waals surface area contributed by atoms with Gasteiger partial charge in [0, 0.05) is 0 Å². The van der Waals surface area contributed by atoms with E-state index in [4.69, 9.17) is 9.47 Å². The molecule has 342 valence electrons. The van der Waals surface area contributed by atoms with Gasteiger partial charge in [0.1, 0.15) is 13.2 Å². The molecule has 0 unspecified atom stereocenters. The second-order valence-corrected chi connectivity index (χ2v) is 20.3. The molecule has 0 atom stereocenters. The number of hydrogen-bond acceptors (Lipinski definition) is 4. The zero-order chi connectivity index (χ0) is 48.8. The summed E-state index contributed by atoms with van der Waals surface area (Å²) in [6.45, 7) is 0.232. The highest BCUT2D eigenvalue weighted by Gasteiger charge is 2.45. The first-order valence-corrected chi connectivity index (χ1v) is 25.5. The Morgan fingerprint density at radius 1 is 0.311 bits per heavy atom. The maximum absolute atomic E-state index is 14.4. The number of carbonyl (C=O) groups is 2. The van der Waals surface area contributed by atoms with Gasteiger partial charge >= 0.3 is 11.9 Å². The predicted octanol–water partition coefficient (Wildman–Crippen LogP) is 11.6. The molecule has 16 rings (SSSR count). The highest BCUT2D eigenvalue weighted by molar-refractivity contribution is 7.03. The lowest BCUT2D eigenvalue weighted by Gasteiger charge is -2.33. The van der Waals surface area contributed by atoms with E-state index in [9.17, 15) is 9.59 Å². The van der Waals surface area contributed by atoms with Gasteiger partial charge in [-0.2, -0.15) is 0 Å². The highest BCUT2D eigenvalue weighted by atomic mass is 16.5. The Morgan fingerprint density at radius 2 is 0.662 bits per heavy atom. The van der Waals surface area contributed by atoms with Gasteiger partial charge in [-0.25, -0.2) is 9.59 Å². The molecule has 0 radical (unpaired) electrons. The summed E-state index contributed by atoms with van der Waals surface area (Å²) in [6.07, 6.45) is 0. The quantitative estimate of drug-likeness (QED) is 0.0865. The van der Waals surface area contributed by atoms with Crippen LogP contribution in [0.1, 0.15) is 31.8 Å². The van der Waals surface area contributed by atoms with Gasteiger partial charge in [-0.05, 0) is 147 Å². The summed E-state index contributed by atoms with van der Waals surface area (Å²) in [7, 11) is 0. The summed E-state index contributed by atoms with van der Waals surface area (Å²) in [5.74, 6) is -0.689. The van der Waals surface area contributed by atoms with E-state index in [1.807, 2.05) is 60.7 Å². The van der Waals surface area contributed by atoms with Crippen LogP contribution in [0.15, 0.2) is 218 Å². The first-order valence-electron chi connectivity index (χ1n) is 25.5. The molecule has 12 aromatic rings. The summed E-state index contributed by atoms with van der Waals surface area (Å²) in [5.41, 5.74) is 23.8. The largest absolute Gasteiger partial charge is 0.457 e. The Kier molecular flexibility index (Phi) is 8.74. The molecule has 0 fully saturated rings. The number of rotatable bonds is 8. The van der Waals surface area contributed by atoms with Gasteiger partial charge in [-0.3, -0.25) is 0 Å². The number of benzene rings is 12. The molecular formula is C68H40B2O4. The van der Waals surface area contributed by atoms with Gasteiger partial charge in [0.25, 0.3) is 0 Å². The molecule has 12 aromatic carbocycles. The van der Waals surface area contributed by atoms with Crippen molar-refractivity contribution in [2.24, 2.45) is 0 Å². The average molecular weight is 943 g/mol. The monoisotopic (exact) mass is 942 g/mol. The maximum atomic E-state index is 14.4. The Hall–Kier alpha value is -9.25. The first-order chi connectivity index (χ1) is 36.6. The number of hydrogen-bond donors (Lipinski definition) is 0. The number of carbonyl (C=O) groups excluding carboxylic acids is 2. The molecule has 4 aliphatic rings. The smallest absolute Gasteiger partial charge is 0.338 e. The summed E-state index contributed by atoms with van der Waals surface area (Å²) in [4.78, 5) is 28.8. The van der Waals surface area contributed by atoms with Crippen molar-refractivity contribution in [1.29, 1.82) is 0 Å².